The molecule has 0 amide bonds. The summed E-state index contributed by atoms with van der Waals surface area (Å²) in [6, 6.07) is 22.7. The molecule has 0 atom stereocenters. The van der Waals surface area contributed by atoms with E-state index in [-0.39, 0.29) is 15.8 Å². The van der Waals surface area contributed by atoms with Crippen LogP contribution in [0.5, 0.6) is 0 Å². The Balaban J connectivity index is 1.68. The Hall–Kier alpha value is -0.700. The molecule has 88 valence electrons. The Labute approximate surface area is 110 Å². The predicted molar refractivity (Wildman–Crippen MR) is 79.8 cm³/mol. The Morgan fingerprint density at radius 3 is 1.39 bits per heavy atom. The topological polar surface area (TPSA) is 0 Å². The van der Waals surface area contributed by atoms with Crippen LogP contribution in [0.4, 0.5) is 0 Å². The molecule has 4 saturated heterocycles. The van der Waals surface area contributed by atoms with Crippen molar-refractivity contribution in [2.24, 2.45) is 0 Å². The SMILES string of the molecule is c1ccc(C23P4CCP2C43c2ccccc2)cc1. The maximum absolute atomic E-state index is 2.38. The minimum absolute atomic E-state index is 0.270. The van der Waals surface area contributed by atoms with Gasteiger partial charge < -0.3 is 0 Å². The van der Waals surface area contributed by atoms with Crippen molar-refractivity contribution >= 4 is 15.8 Å². The molecule has 4 aliphatic rings. The van der Waals surface area contributed by atoms with Crippen LogP contribution in [0.25, 0.3) is 0 Å². The largest absolute Gasteiger partial charge is 0.0718 e. The van der Waals surface area contributed by atoms with E-state index in [0.29, 0.717) is 9.79 Å². The third-order valence-corrected chi connectivity index (χ3v) is 14.8. The fraction of sp³-hybridized carbons (Fsp3) is 0.250. The fourth-order valence-electron chi connectivity index (χ4n) is 4.24. The van der Waals surface area contributed by atoms with Crippen LogP contribution in [-0.4, -0.2) is 12.3 Å². The van der Waals surface area contributed by atoms with Crippen LogP contribution in [-0.2, 0) is 9.79 Å². The predicted octanol–water partition coefficient (Wildman–Crippen LogP) is 4.70. The first-order valence-electron chi connectivity index (χ1n) is 6.60. The van der Waals surface area contributed by atoms with Crippen LogP contribution in [0.15, 0.2) is 60.7 Å². The lowest BCUT2D eigenvalue weighted by molar-refractivity contribution is 1.02. The minimum Gasteiger partial charge on any atom is -0.0718 e. The van der Waals surface area contributed by atoms with Crippen molar-refractivity contribution in [2.75, 3.05) is 12.3 Å². The highest BCUT2D eigenvalue weighted by Crippen LogP contribution is 3.28. The third-order valence-electron chi connectivity index (χ3n) is 4.85. The van der Waals surface area contributed by atoms with E-state index >= 15 is 0 Å². The molecule has 0 saturated carbocycles. The summed E-state index contributed by atoms with van der Waals surface area (Å²) in [7, 11) is 0.539. The van der Waals surface area contributed by atoms with Crippen LogP contribution < -0.4 is 0 Å². The molecule has 2 aromatic carbocycles. The summed E-state index contributed by atoms with van der Waals surface area (Å²) >= 11 is 0. The average Bonchev–Trinajstić information content (AvgIpc) is 3.06. The van der Waals surface area contributed by atoms with Gasteiger partial charge in [-0.05, 0) is 23.5 Å². The van der Waals surface area contributed by atoms with Crippen molar-refractivity contribution < 1.29 is 0 Å². The van der Waals surface area contributed by atoms with Gasteiger partial charge in [-0.3, -0.25) is 0 Å². The number of hydrogen-bond acceptors (Lipinski definition) is 0. The highest BCUT2D eigenvalue weighted by atomic mass is 31.2. The molecular formula is C16H14P2. The van der Waals surface area contributed by atoms with E-state index in [9.17, 15) is 0 Å². The highest BCUT2D eigenvalue weighted by molar-refractivity contribution is 8.09. The summed E-state index contributed by atoms with van der Waals surface area (Å²) in [6.07, 6.45) is 3.07. The third kappa shape index (κ3) is 0.833. The molecule has 0 aromatic heterocycles. The van der Waals surface area contributed by atoms with Crippen LogP contribution in [0.2, 0.25) is 0 Å². The molecule has 4 fully saturated rings. The molecule has 2 aromatic rings. The van der Waals surface area contributed by atoms with Gasteiger partial charge in [-0.15, -0.1) is 0 Å². The van der Waals surface area contributed by atoms with Crippen molar-refractivity contribution in [3.8, 4) is 0 Å². The number of benzene rings is 2. The zero-order valence-corrected chi connectivity index (χ0v) is 11.9. The van der Waals surface area contributed by atoms with Crippen molar-refractivity contribution in [1.29, 1.82) is 0 Å². The smallest absolute Gasteiger partial charge is 0.0550 e. The van der Waals surface area contributed by atoms with Crippen LogP contribution in [0.1, 0.15) is 11.1 Å². The summed E-state index contributed by atoms with van der Waals surface area (Å²) in [6.45, 7) is 0. The molecular weight excluding hydrogens is 254 g/mol. The van der Waals surface area contributed by atoms with E-state index in [2.05, 4.69) is 60.7 Å². The van der Waals surface area contributed by atoms with E-state index in [1.165, 1.54) is 12.3 Å². The van der Waals surface area contributed by atoms with Gasteiger partial charge in [-0.2, -0.15) is 0 Å². The summed E-state index contributed by atoms with van der Waals surface area (Å²) in [5.74, 6) is 0. The van der Waals surface area contributed by atoms with E-state index in [1.54, 1.807) is 11.1 Å². The number of fused-ring (bicyclic) bond motifs is 1. The molecule has 4 heterocycles. The average molecular weight is 268 g/mol. The first-order chi connectivity index (χ1) is 8.93. The van der Waals surface area contributed by atoms with Crippen molar-refractivity contribution in [3.05, 3.63) is 71.8 Å². The molecule has 0 N–H and O–H groups in total. The Bertz CT molecular complexity index is 555. The van der Waals surface area contributed by atoms with Crippen molar-refractivity contribution in [1.82, 2.24) is 0 Å². The second-order valence-electron chi connectivity index (χ2n) is 5.38. The molecule has 0 nitrogen and oxygen atoms in total. The normalized spacial score (nSPS) is 42.4. The molecule has 4 aliphatic heterocycles. The fourth-order valence-corrected chi connectivity index (χ4v) is 17.0. The first-order valence-corrected chi connectivity index (χ1v) is 9.65. The van der Waals surface area contributed by atoms with Crippen LogP contribution in [0.3, 0.4) is 0 Å². The van der Waals surface area contributed by atoms with Crippen molar-refractivity contribution in [2.45, 2.75) is 9.79 Å². The van der Waals surface area contributed by atoms with Crippen LogP contribution in [0, 0.1) is 0 Å². The maximum Gasteiger partial charge on any atom is 0.0550 e. The summed E-state index contributed by atoms with van der Waals surface area (Å²) < 4.78 is 0. The number of hydrogen-bond donors (Lipinski definition) is 0. The van der Waals surface area contributed by atoms with E-state index in [0.717, 1.165) is 0 Å². The lowest BCUT2D eigenvalue weighted by atomic mass is 10.0. The molecule has 6 rings (SSSR count). The second-order valence-corrected chi connectivity index (χ2v) is 11.4. The van der Waals surface area contributed by atoms with Gasteiger partial charge in [0.15, 0.2) is 0 Å². The molecule has 2 bridgehead atoms. The van der Waals surface area contributed by atoms with Gasteiger partial charge in [0.05, 0.1) is 9.79 Å². The maximum atomic E-state index is 2.38. The first kappa shape index (κ1) is 10.1. The zero-order chi connectivity index (χ0) is 11.8. The van der Waals surface area contributed by atoms with Gasteiger partial charge in [0, 0.05) is 0 Å². The molecule has 0 spiro atoms. The van der Waals surface area contributed by atoms with Gasteiger partial charge in [-0.25, -0.2) is 0 Å². The molecule has 0 aliphatic carbocycles. The standard InChI is InChI=1S/C16H14P2/c1-3-7-13(8-4-1)15-16(14-9-5-2-6-10-14)17(15)11-12-18(15)16/h1-10H,11-12H2. The Kier molecular flexibility index (Phi) is 1.72. The minimum atomic E-state index is 0.270. The van der Waals surface area contributed by atoms with Gasteiger partial charge in [0.25, 0.3) is 0 Å². The van der Waals surface area contributed by atoms with Gasteiger partial charge in [0.2, 0.25) is 0 Å². The molecule has 2 heteroatoms. The van der Waals surface area contributed by atoms with Crippen molar-refractivity contribution in [3.63, 3.8) is 0 Å². The van der Waals surface area contributed by atoms with Gasteiger partial charge in [0.1, 0.15) is 0 Å². The van der Waals surface area contributed by atoms with Gasteiger partial charge in [-0.1, -0.05) is 76.5 Å². The Morgan fingerprint density at radius 2 is 1.00 bits per heavy atom. The summed E-state index contributed by atoms with van der Waals surface area (Å²) in [5, 5.41) is 0. The summed E-state index contributed by atoms with van der Waals surface area (Å²) in [5.41, 5.74) is 3.31. The Morgan fingerprint density at radius 1 is 0.611 bits per heavy atom. The summed E-state index contributed by atoms with van der Waals surface area (Å²) in [4.78, 5) is 1.33. The lowest BCUT2D eigenvalue weighted by Crippen LogP contribution is -1.91. The van der Waals surface area contributed by atoms with E-state index < -0.39 is 0 Å². The number of rotatable bonds is 2. The quantitative estimate of drug-likeness (QED) is 0.693. The molecule has 0 radical (unpaired) electrons. The van der Waals surface area contributed by atoms with E-state index in [1.807, 2.05) is 0 Å². The zero-order valence-electron chi connectivity index (χ0n) is 10.1. The van der Waals surface area contributed by atoms with Crippen LogP contribution >= 0.6 is 15.8 Å². The van der Waals surface area contributed by atoms with Gasteiger partial charge >= 0.3 is 0 Å². The lowest BCUT2D eigenvalue weighted by Gasteiger charge is -2.10. The molecule has 18 heavy (non-hydrogen) atoms. The van der Waals surface area contributed by atoms with E-state index in [4.69, 9.17) is 0 Å². The monoisotopic (exact) mass is 268 g/mol. The second kappa shape index (κ2) is 3.06. The molecule has 0 unspecified atom stereocenters. The highest BCUT2D eigenvalue weighted by Gasteiger charge is 3.00.